The summed E-state index contributed by atoms with van der Waals surface area (Å²) in [7, 11) is 0. The van der Waals surface area contributed by atoms with Gasteiger partial charge in [-0.3, -0.25) is 9.78 Å². The highest BCUT2D eigenvalue weighted by atomic mass is 19.4. The number of benzene rings is 1. The number of hydrogen-bond donors (Lipinski definition) is 1. The zero-order valence-electron chi connectivity index (χ0n) is 11.8. The predicted molar refractivity (Wildman–Crippen MR) is 75.7 cm³/mol. The highest BCUT2D eigenvalue weighted by Gasteiger charge is 2.30. The molecular weight excluding hydrogens is 295 g/mol. The van der Waals surface area contributed by atoms with E-state index in [1.54, 1.807) is 24.3 Å². The molecule has 1 heterocycles. The number of para-hydroxylation sites is 1. The van der Waals surface area contributed by atoms with E-state index in [4.69, 9.17) is 0 Å². The van der Waals surface area contributed by atoms with Crippen molar-refractivity contribution in [2.45, 2.75) is 19.6 Å². The molecule has 4 nitrogen and oxygen atoms in total. The van der Waals surface area contributed by atoms with Crippen LogP contribution in [0.15, 0.2) is 48.7 Å². The lowest BCUT2D eigenvalue weighted by atomic mass is 10.2. The first-order chi connectivity index (χ1) is 10.4. The molecule has 1 N–H and O–H groups in total. The van der Waals surface area contributed by atoms with E-state index in [0.29, 0.717) is 11.4 Å². The molecule has 7 heteroatoms. The maximum absolute atomic E-state index is 12.5. The van der Waals surface area contributed by atoms with Gasteiger partial charge in [-0.25, -0.2) is 10.4 Å². The number of halogens is 3. The average molecular weight is 309 g/mol. The third-order valence-electron chi connectivity index (χ3n) is 2.90. The molecule has 0 fully saturated rings. The number of carbonyl (C=O) groups is 1. The monoisotopic (exact) mass is 309 g/mol. The zero-order valence-corrected chi connectivity index (χ0v) is 11.8. The summed E-state index contributed by atoms with van der Waals surface area (Å²) in [6.45, 7) is 1.52. The first-order valence-corrected chi connectivity index (χ1v) is 6.49. The van der Waals surface area contributed by atoms with E-state index in [2.05, 4.69) is 10.4 Å². The molecule has 0 saturated heterocycles. The van der Waals surface area contributed by atoms with Crippen LogP contribution in [0.4, 0.5) is 18.9 Å². The molecule has 2 aromatic rings. The molecule has 0 aliphatic rings. The molecule has 1 amide bonds. The maximum atomic E-state index is 12.5. The number of hydrazine groups is 1. The van der Waals surface area contributed by atoms with E-state index in [1.807, 2.05) is 6.07 Å². The van der Waals surface area contributed by atoms with Crippen molar-refractivity contribution in [2.75, 3.05) is 5.01 Å². The Labute approximate surface area is 125 Å². The fourth-order valence-corrected chi connectivity index (χ4v) is 1.82. The number of alkyl halides is 3. The predicted octanol–water partition coefficient (Wildman–Crippen LogP) is 3.16. The number of nitrogens with one attached hydrogen (secondary N) is 1. The summed E-state index contributed by atoms with van der Waals surface area (Å²) in [5.41, 5.74) is 3.09. The Hall–Kier alpha value is -2.41. The summed E-state index contributed by atoms with van der Waals surface area (Å²) >= 11 is 0. The van der Waals surface area contributed by atoms with E-state index in [0.717, 1.165) is 12.3 Å². The molecule has 0 spiro atoms. The molecule has 22 heavy (non-hydrogen) atoms. The molecule has 0 saturated carbocycles. The maximum Gasteiger partial charge on any atom is 0.417 e. The minimum Gasteiger partial charge on any atom is -0.273 e. The number of pyridine rings is 1. The normalized spacial score (nSPS) is 11.3. The van der Waals surface area contributed by atoms with Gasteiger partial charge in [0, 0.05) is 13.1 Å². The second-order valence-electron chi connectivity index (χ2n) is 4.56. The average Bonchev–Trinajstić information content (AvgIpc) is 2.48. The van der Waals surface area contributed by atoms with Crippen molar-refractivity contribution in [1.29, 1.82) is 0 Å². The number of aromatic nitrogens is 1. The van der Waals surface area contributed by atoms with Crippen LogP contribution in [0.2, 0.25) is 0 Å². The summed E-state index contributed by atoms with van der Waals surface area (Å²) < 4.78 is 37.4. The minimum atomic E-state index is -4.41. The topological polar surface area (TPSA) is 45.2 Å². The SMILES string of the molecule is CC(=O)N(NCc1ccc(C(F)(F)F)cn1)c1ccccc1. The van der Waals surface area contributed by atoms with Crippen LogP contribution in [0, 0.1) is 0 Å². The van der Waals surface area contributed by atoms with Crippen molar-refractivity contribution in [3.63, 3.8) is 0 Å². The van der Waals surface area contributed by atoms with Gasteiger partial charge in [0.05, 0.1) is 23.5 Å². The van der Waals surface area contributed by atoms with Gasteiger partial charge >= 0.3 is 6.18 Å². The van der Waals surface area contributed by atoms with Crippen LogP contribution >= 0.6 is 0 Å². The van der Waals surface area contributed by atoms with Crippen LogP contribution in [-0.4, -0.2) is 10.9 Å². The summed E-state index contributed by atoms with van der Waals surface area (Å²) in [5, 5.41) is 1.32. The quantitative estimate of drug-likeness (QED) is 0.882. The Balaban J connectivity index is 2.06. The minimum absolute atomic E-state index is 0.132. The molecule has 1 aromatic carbocycles. The van der Waals surface area contributed by atoms with Gasteiger partial charge in [0.25, 0.3) is 0 Å². The fourth-order valence-electron chi connectivity index (χ4n) is 1.82. The second-order valence-corrected chi connectivity index (χ2v) is 4.56. The van der Waals surface area contributed by atoms with Gasteiger partial charge in [0.1, 0.15) is 0 Å². The molecule has 0 bridgehead atoms. The van der Waals surface area contributed by atoms with Gasteiger partial charge in [0.15, 0.2) is 0 Å². The Morgan fingerprint density at radius 1 is 1.18 bits per heavy atom. The van der Waals surface area contributed by atoms with Crippen molar-refractivity contribution in [2.24, 2.45) is 0 Å². The summed E-state index contributed by atoms with van der Waals surface area (Å²) in [4.78, 5) is 15.4. The van der Waals surface area contributed by atoms with Crippen molar-refractivity contribution in [1.82, 2.24) is 10.4 Å². The largest absolute Gasteiger partial charge is 0.417 e. The van der Waals surface area contributed by atoms with Crippen LogP contribution in [-0.2, 0) is 17.5 Å². The Kier molecular flexibility index (Phi) is 4.77. The van der Waals surface area contributed by atoms with E-state index in [9.17, 15) is 18.0 Å². The van der Waals surface area contributed by atoms with Crippen molar-refractivity contribution >= 4 is 11.6 Å². The number of hydrogen-bond acceptors (Lipinski definition) is 3. The zero-order chi connectivity index (χ0) is 16.2. The standard InChI is InChI=1S/C15H14F3N3O/c1-11(22)21(14-5-3-2-4-6-14)20-10-13-8-7-12(9-19-13)15(16,17)18/h2-9,20H,10H2,1H3. The third kappa shape index (κ3) is 4.05. The molecule has 0 radical (unpaired) electrons. The summed E-state index contributed by atoms with van der Waals surface area (Å²) in [6, 6.07) is 11.1. The van der Waals surface area contributed by atoms with E-state index in [1.165, 1.54) is 18.0 Å². The molecule has 2 rings (SSSR count). The van der Waals surface area contributed by atoms with Crippen molar-refractivity contribution < 1.29 is 18.0 Å². The van der Waals surface area contributed by atoms with Gasteiger partial charge in [0.2, 0.25) is 5.91 Å². The number of carbonyl (C=O) groups excluding carboxylic acids is 1. The molecule has 1 aromatic heterocycles. The lowest BCUT2D eigenvalue weighted by Crippen LogP contribution is -2.41. The fraction of sp³-hybridized carbons (Fsp3) is 0.200. The molecular formula is C15H14F3N3O. The Bertz CT molecular complexity index is 627. The highest BCUT2D eigenvalue weighted by molar-refractivity contribution is 5.90. The molecule has 0 unspecified atom stereocenters. The van der Waals surface area contributed by atoms with Crippen LogP contribution in [0.25, 0.3) is 0 Å². The first-order valence-electron chi connectivity index (χ1n) is 6.49. The van der Waals surface area contributed by atoms with Crippen LogP contribution in [0.3, 0.4) is 0 Å². The van der Waals surface area contributed by atoms with Crippen molar-refractivity contribution in [3.05, 3.63) is 59.9 Å². The van der Waals surface area contributed by atoms with Gasteiger partial charge in [-0.2, -0.15) is 13.2 Å². The first kappa shape index (κ1) is 16.0. The smallest absolute Gasteiger partial charge is 0.273 e. The van der Waals surface area contributed by atoms with Gasteiger partial charge < -0.3 is 0 Å². The second kappa shape index (κ2) is 6.57. The Morgan fingerprint density at radius 3 is 2.36 bits per heavy atom. The van der Waals surface area contributed by atoms with Gasteiger partial charge in [-0.15, -0.1) is 0 Å². The Morgan fingerprint density at radius 2 is 1.86 bits per heavy atom. The van der Waals surface area contributed by atoms with E-state index < -0.39 is 11.7 Å². The van der Waals surface area contributed by atoms with Crippen LogP contribution < -0.4 is 10.4 Å². The van der Waals surface area contributed by atoms with Crippen molar-refractivity contribution in [3.8, 4) is 0 Å². The van der Waals surface area contributed by atoms with Crippen LogP contribution in [0.5, 0.6) is 0 Å². The number of anilines is 1. The van der Waals surface area contributed by atoms with Gasteiger partial charge in [-0.05, 0) is 24.3 Å². The van der Waals surface area contributed by atoms with Crippen LogP contribution in [0.1, 0.15) is 18.2 Å². The molecule has 0 aliphatic heterocycles. The summed E-state index contributed by atoms with van der Waals surface area (Å²) in [5.74, 6) is -0.238. The number of amides is 1. The molecule has 0 atom stereocenters. The molecule has 116 valence electrons. The number of rotatable bonds is 4. The molecule has 0 aliphatic carbocycles. The lowest BCUT2D eigenvalue weighted by Gasteiger charge is -2.21. The van der Waals surface area contributed by atoms with Gasteiger partial charge in [-0.1, -0.05) is 18.2 Å². The highest BCUT2D eigenvalue weighted by Crippen LogP contribution is 2.28. The summed E-state index contributed by atoms with van der Waals surface area (Å²) in [6.07, 6.45) is -3.63. The number of nitrogens with zero attached hydrogens (tertiary/aromatic N) is 2. The lowest BCUT2D eigenvalue weighted by molar-refractivity contribution is -0.137. The third-order valence-corrected chi connectivity index (χ3v) is 2.90. The van der Waals surface area contributed by atoms with E-state index in [-0.39, 0.29) is 12.5 Å². The van der Waals surface area contributed by atoms with E-state index >= 15 is 0 Å².